The van der Waals surface area contributed by atoms with Crippen molar-refractivity contribution in [2.45, 2.75) is 31.0 Å². The molecule has 8 heteroatoms. The molecule has 4 amide bonds. The van der Waals surface area contributed by atoms with Crippen LogP contribution in [0.4, 0.5) is 10.5 Å². The first-order valence-corrected chi connectivity index (χ1v) is 9.90. The molecule has 0 aromatic heterocycles. The molecule has 2 heterocycles. The molecule has 0 radical (unpaired) electrons. The van der Waals surface area contributed by atoms with Crippen molar-refractivity contribution in [2.24, 2.45) is 0 Å². The number of rotatable bonds is 5. The topological polar surface area (TPSA) is 99.8 Å². The van der Waals surface area contributed by atoms with Crippen LogP contribution in [0.15, 0.2) is 54.6 Å². The number of piperazine rings is 1. The van der Waals surface area contributed by atoms with Crippen LogP contribution >= 0.6 is 0 Å². The Morgan fingerprint density at radius 2 is 1.87 bits per heavy atom. The summed E-state index contributed by atoms with van der Waals surface area (Å²) in [5.74, 6) is 0.418. The summed E-state index contributed by atoms with van der Waals surface area (Å²) in [6.07, 6.45) is 0.844. The second-order valence-electron chi connectivity index (χ2n) is 7.52. The molecule has 30 heavy (non-hydrogen) atoms. The third-order valence-corrected chi connectivity index (χ3v) is 5.47. The SMILES string of the molecule is COc1ccc(NC(=O)N[C@H]2C[C@H]3C(=O)N[C@H](Cc4ccccc4)C(=O)N3C2)cc1. The van der Waals surface area contributed by atoms with Gasteiger partial charge < -0.3 is 25.6 Å². The molecule has 2 aromatic carbocycles. The molecule has 8 nitrogen and oxygen atoms in total. The van der Waals surface area contributed by atoms with Gasteiger partial charge in [0.2, 0.25) is 11.8 Å². The molecule has 0 aliphatic carbocycles. The number of methoxy groups -OCH3 is 1. The predicted molar refractivity (Wildman–Crippen MR) is 111 cm³/mol. The predicted octanol–water partition coefficient (Wildman–Crippen LogP) is 1.53. The Balaban J connectivity index is 1.35. The molecule has 0 saturated carbocycles. The summed E-state index contributed by atoms with van der Waals surface area (Å²) in [6.45, 7) is 0.318. The Morgan fingerprint density at radius 1 is 1.13 bits per heavy atom. The van der Waals surface area contributed by atoms with Crippen molar-refractivity contribution in [3.63, 3.8) is 0 Å². The van der Waals surface area contributed by atoms with E-state index in [1.807, 2.05) is 30.3 Å². The molecule has 2 aromatic rings. The molecule has 0 unspecified atom stereocenters. The molecule has 2 aliphatic heterocycles. The summed E-state index contributed by atoms with van der Waals surface area (Å²) < 4.78 is 5.10. The van der Waals surface area contributed by atoms with Gasteiger partial charge in [-0.25, -0.2) is 4.79 Å². The minimum atomic E-state index is -0.581. The molecular weight excluding hydrogens is 384 g/mol. The Hall–Kier alpha value is -3.55. The van der Waals surface area contributed by atoms with Crippen molar-refractivity contribution in [3.05, 3.63) is 60.2 Å². The van der Waals surface area contributed by atoms with Crippen LogP contribution < -0.4 is 20.7 Å². The summed E-state index contributed by atoms with van der Waals surface area (Å²) in [4.78, 5) is 39.4. The lowest BCUT2D eigenvalue weighted by molar-refractivity contribution is -0.147. The maximum Gasteiger partial charge on any atom is 0.319 e. The highest BCUT2D eigenvalue weighted by Gasteiger charge is 2.46. The summed E-state index contributed by atoms with van der Waals surface area (Å²) >= 11 is 0. The molecule has 4 rings (SSSR count). The van der Waals surface area contributed by atoms with Gasteiger partial charge in [-0.15, -0.1) is 0 Å². The number of amides is 4. The molecular formula is C22H24N4O4. The van der Waals surface area contributed by atoms with E-state index in [0.29, 0.717) is 30.8 Å². The summed E-state index contributed by atoms with van der Waals surface area (Å²) in [7, 11) is 1.58. The summed E-state index contributed by atoms with van der Waals surface area (Å²) in [5, 5.41) is 8.46. The number of nitrogens with zero attached hydrogens (tertiary/aromatic N) is 1. The van der Waals surface area contributed by atoms with Gasteiger partial charge in [-0.1, -0.05) is 30.3 Å². The van der Waals surface area contributed by atoms with E-state index in [4.69, 9.17) is 4.74 Å². The van der Waals surface area contributed by atoms with E-state index < -0.39 is 12.1 Å². The third kappa shape index (κ3) is 4.22. The molecule has 3 atom stereocenters. The van der Waals surface area contributed by atoms with Gasteiger partial charge in [0.1, 0.15) is 17.8 Å². The van der Waals surface area contributed by atoms with Gasteiger partial charge in [0.05, 0.1) is 13.2 Å². The number of hydrogen-bond donors (Lipinski definition) is 3. The number of anilines is 1. The fourth-order valence-corrected chi connectivity index (χ4v) is 3.98. The Kier molecular flexibility index (Phi) is 5.56. The number of nitrogens with one attached hydrogen (secondary N) is 3. The van der Waals surface area contributed by atoms with Crippen LogP contribution in [0.3, 0.4) is 0 Å². The van der Waals surface area contributed by atoms with Gasteiger partial charge in [-0.3, -0.25) is 9.59 Å². The zero-order chi connectivity index (χ0) is 21.1. The molecule has 2 saturated heterocycles. The van der Waals surface area contributed by atoms with Crippen LogP contribution in [0.5, 0.6) is 5.75 Å². The van der Waals surface area contributed by atoms with Crippen molar-refractivity contribution < 1.29 is 19.1 Å². The van der Waals surface area contributed by atoms with Crippen molar-refractivity contribution in [1.82, 2.24) is 15.5 Å². The van der Waals surface area contributed by atoms with Crippen molar-refractivity contribution in [1.29, 1.82) is 0 Å². The van der Waals surface area contributed by atoms with Gasteiger partial charge in [-0.05, 0) is 36.2 Å². The lowest BCUT2D eigenvalue weighted by Gasteiger charge is -2.34. The standard InChI is InChI=1S/C22H24N4O4/c1-30-17-9-7-15(8-10-17)23-22(29)24-16-12-19-20(27)25-18(21(28)26(19)13-16)11-14-5-3-2-4-6-14/h2-10,16,18-19H,11-13H2,1H3,(H,25,27)(H2,23,24,29)/t16-,18+,19-/m0/s1. The van der Waals surface area contributed by atoms with Gasteiger partial charge in [0.25, 0.3) is 0 Å². The fourth-order valence-electron chi connectivity index (χ4n) is 3.98. The average molecular weight is 408 g/mol. The zero-order valence-electron chi connectivity index (χ0n) is 16.6. The highest BCUT2D eigenvalue weighted by molar-refractivity contribution is 5.98. The minimum Gasteiger partial charge on any atom is -0.497 e. The van der Waals surface area contributed by atoms with E-state index in [1.165, 1.54) is 0 Å². The maximum atomic E-state index is 12.9. The van der Waals surface area contributed by atoms with E-state index >= 15 is 0 Å². The normalized spacial score (nSPS) is 22.8. The highest BCUT2D eigenvalue weighted by atomic mass is 16.5. The second kappa shape index (κ2) is 8.44. The first kappa shape index (κ1) is 19.8. The third-order valence-electron chi connectivity index (χ3n) is 5.47. The number of carbonyl (C=O) groups excluding carboxylic acids is 3. The molecule has 156 valence electrons. The van der Waals surface area contributed by atoms with Gasteiger partial charge in [-0.2, -0.15) is 0 Å². The number of hydrogen-bond acceptors (Lipinski definition) is 4. The number of fused-ring (bicyclic) bond motifs is 1. The Morgan fingerprint density at radius 3 is 2.57 bits per heavy atom. The number of carbonyl (C=O) groups is 3. The minimum absolute atomic E-state index is 0.108. The van der Waals surface area contributed by atoms with E-state index in [2.05, 4.69) is 16.0 Å². The number of benzene rings is 2. The van der Waals surface area contributed by atoms with Crippen LogP contribution in [0.1, 0.15) is 12.0 Å². The van der Waals surface area contributed by atoms with Gasteiger partial charge in [0, 0.05) is 18.7 Å². The van der Waals surface area contributed by atoms with E-state index in [9.17, 15) is 14.4 Å². The van der Waals surface area contributed by atoms with Gasteiger partial charge >= 0.3 is 6.03 Å². The van der Waals surface area contributed by atoms with Crippen LogP contribution in [0.25, 0.3) is 0 Å². The van der Waals surface area contributed by atoms with E-state index in [0.717, 1.165) is 5.56 Å². The van der Waals surface area contributed by atoms with E-state index in [1.54, 1.807) is 36.3 Å². The monoisotopic (exact) mass is 408 g/mol. The highest BCUT2D eigenvalue weighted by Crippen LogP contribution is 2.24. The Labute approximate surface area is 174 Å². The van der Waals surface area contributed by atoms with Crippen LogP contribution in [-0.4, -0.2) is 54.5 Å². The van der Waals surface area contributed by atoms with E-state index in [-0.39, 0.29) is 23.9 Å². The zero-order valence-corrected chi connectivity index (χ0v) is 16.6. The Bertz CT molecular complexity index is 932. The van der Waals surface area contributed by atoms with Crippen LogP contribution in [-0.2, 0) is 16.0 Å². The van der Waals surface area contributed by atoms with Crippen LogP contribution in [0, 0.1) is 0 Å². The lowest BCUT2D eigenvalue weighted by Crippen LogP contribution is -2.61. The summed E-state index contributed by atoms with van der Waals surface area (Å²) in [5.41, 5.74) is 1.61. The largest absolute Gasteiger partial charge is 0.497 e. The molecule has 2 fully saturated rings. The summed E-state index contributed by atoms with van der Waals surface area (Å²) in [6, 6.07) is 14.8. The van der Waals surface area contributed by atoms with Crippen molar-refractivity contribution >= 4 is 23.5 Å². The molecule has 3 N–H and O–H groups in total. The first-order valence-electron chi connectivity index (χ1n) is 9.90. The van der Waals surface area contributed by atoms with Crippen LogP contribution in [0.2, 0.25) is 0 Å². The fraction of sp³-hybridized carbons (Fsp3) is 0.318. The lowest BCUT2D eigenvalue weighted by atomic mass is 10.0. The molecule has 2 aliphatic rings. The van der Waals surface area contributed by atoms with Crippen molar-refractivity contribution in [2.75, 3.05) is 19.0 Å². The first-order chi connectivity index (χ1) is 14.5. The second-order valence-corrected chi connectivity index (χ2v) is 7.52. The molecule has 0 bridgehead atoms. The van der Waals surface area contributed by atoms with Gasteiger partial charge in [0.15, 0.2) is 0 Å². The molecule has 0 spiro atoms. The quantitative estimate of drug-likeness (QED) is 0.699. The number of urea groups is 1. The average Bonchev–Trinajstić information content (AvgIpc) is 3.17. The number of ether oxygens (including phenoxy) is 1. The maximum absolute atomic E-state index is 12.9. The van der Waals surface area contributed by atoms with Crippen molar-refractivity contribution in [3.8, 4) is 5.75 Å². The smallest absolute Gasteiger partial charge is 0.319 e.